The zero-order chi connectivity index (χ0) is 16.1. The molecule has 6 heteroatoms. The summed E-state index contributed by atoms with van der Waals surface area (Å²) >= 11 is 1.47. The highest BCUT2D eigenvalue weighted by Crippen LogP contribution is 2.32. The Balaban J connectivity index is 1.66. The van der Waals surface area contributed by atoms with Crippen LogP contribution in [0, 0.1) is 6.92 Å². The predicted octanol–water partition coefficient (Wildman–Crippen LogP) is 4.57. The number of fused-ring (bicyclic) bond motifs is 2. The molecule has 0 amide bonds. The van der Waals surface area contributed by atoms with Gasteiger partial charge >= 0.3 is 0 Å². The maximum atomic E-state index is 5.90. The number of nitrogens with zero attached hydrogens (tertiary/aromatic N) is 4. The van der Waals surface area contributed by atoms with Crippen molar-refractivity contribution in [2.45, 2.75) is 6.92 Å². The summed E-state index contributed by atoms with van der Waals surface area (Å²) in [6.45, 7) is 2.06. The van der Waals surface area contributed by atoms with E-state index in [1.54, 1.807) is 4.52 Å². The first-order valence-electron chi connectivity index (χ1n) is 7.56. The van der Waals surface area contributed by atoms with Crippen molar-refractivity contribution < 1.29 is 4.42 Å². The molecule has 2 aromatic carbocycles. The lowest BCUT2D eigenvalue weighted by Gasteiger charge is -1.98. The van der Waals surface area contributed by atoms with Gasteiger partial charge in [0.2, 0.25) is 4.96 Å². The molecule has 0 aliphatic rings. The van der Waals surface area contributed by atoms with E-state index in [9.17, 15) is 0 Å². The van der Waals surface area contributed by atoms with E-state index >= 15 is 0 Å². The van der Waals surface area contributed by atoms with Crippen molar-refractivity contribution in [3.05, 3.63) is 60.2 Å². The molecule has 3 heterocycles. The van der Waals surface area contributed by atoms with Gasteiger partial charge < -0.3 is 4.42 Å². The van der Waals surface area contributed by atoms with Gasteiger partial charge in [-0.3, -0.25) is 0 Å². The number of aromatic nitrogens is 4. The third-order valence-electron chi connectivity index (χ3n) is 3.90. The first-order chi connectivity index (χ1) is 11.8. The average molecular weight is 332 g/mol. The molecule has 5 aromatic rings. The summed E-state index contributed by atoms with van der Waals surface area (Å²) in [7, 11) is 0. The first kappa shape index (κ1) is 13.4. The normalized spacial score (nSPS) is 11.5. The van der Waals surface area contributed by atoms with Crippen molar-refractivity contribution >= 4 is 27.3 Å². The molecule has 0 saturated heterocycles. The van der Waals surface area contributed by atoms with Gasteiger partial charge in [-0.25, -0.2) is 0 Å². The Labute approximate surface area is 141 Å². The van der Waals surface area contributed by atoms with Crippen molar-refractivity contribution in [1.29, 1.82) is 0 Å². The SMILES string of the molecule is Cc1cccc(-c2nnc3sc(-c4cc5ccccc5o4)nn23)c1. The van der Waals surface area contributed by atoms with Crippen molar-refractivity contribution in [2.24, 2.45) is 0 Å². The van der Waals surface area contributed by atoms with Gasteiger partial charge in [-0.05, 0) is 25.1 Å². The highest BCUT2D eigenvalue weighted by atomic mass is 32.1. The molecule has 0 aliphatic heterocycles. The van der Waals surface area contributed by atoms with E-state index in [2.05, 4.69) is 34.4 Å². The van der Waals surface area contributed by atoms with Crippen LogP contribution in [-0.2, 0) is 0 Å². The first-order valence-corrected chi connectivity index (χ1v) is 8.38. The van der Waals surface area contributed by atoms with Gasteiger partial charge in [0, 0.05) is 10.9 Å². The molecule has 0 aliphatic carbocycles. The van der Waals surface area contributed by atoms with Gasteiger partial charge in [0.05, 0.1) is 0 Å². The van der Waals surface area contributed by atoms with Crippen LogP contribution < -0.4 is 0 Å². The monoisotopic (exact) mass is 332 g/mol. The van der Waals surface area contributed by atoms with Crippen molar-refractivity contribution in [3.8, 4) is 22.2 Å². The third kappa shape index (κ3) is 2.04. The fourth-order valence-corrected chi connectivity index (χ4v) is 3.56. The zero-order valence-corrected chi connectivity index (χ0v) is 13.6. The van der Waals surface area contributed by atoms with Gasteiger partial charge in [0.25, 0.3) is 0 Å². The quantitative estimate of drug-likeness (QED) is 0.475. The van der Waals surface area contributed by atoms with Gasteiger partial charge in [-0.15, -0.1) is 15.3 Å². The number of hydrogen-bond acceptors (Lipinski definition) is 5. The van der Waals surface area contributed by atoms with Crippen LogP contribution >= 0.6 is 11.3 Å². The zero-order valence-electron chi connectivity index (χ0n) is 12.8. The lowest BCUT2D eigenvalue weighted by molar-refractivity contribution is 0.629. The summed E-state index contributed by atoms with van der Waals surface area (Å²) in [5.74, 6) is 1.49. The molecule has 5 rings (SSSR count). The second-order valence-electron chi connectivity index (χ2n) is 5.64. The maximum absolute atomic E-state index is 5.90. The average Bonchev–Trinajstić information content (AvgIpc) is 3.27. The molecule has 0 atom stereocenters. The van der Waals surface area contributed by atoms with Gasteiger partial charge in [-0.1, -0.05) is 53.3 Å². The second kappa shape index (κ2) is 5.01. The molecule has 0 radical (unpaired) electrons. The maximum Gasteiger partial charge on any atom is 0.235 e. The number of benzene rings is 2. The van der Waals surface area contributed by atoms with E-state index in [1.807, 2.05) is 42.5 Å². The lowest BCUT2D eigenvalue weighted by atomic mass is 10.1. The Morgan fingerprint density at radius 2 is 1.92 bits per heavy atom. The molecule has 0 saturated carbocycles. The summed E-state index contributed by atoms with van der Waals surface area (Å²) in [4.78, 5) is 0.752. The molecule has 116 valence electrons. The summed E-state index contributed by atoms with van der Waals surface area (Å²) < 4.78 is 7.68. The van der Waals surface area contributed by atoms with E-state index in [0.717, 1.165) is 38.1 Å². The van der Waals surface area contributed by atoms with Crippen molar-refractivity contribution in [3.63, 3.8) is 0 Å². The molecule has 0 fully saturated rings. The minimum absolute atomic E-state index is 0.743. The van der Waals surface area contributed by atoms with Crippen LogP contribution in [0.15, 0.2) is 59.0 Å². The minimum atomic E-state index is 0.743. The fourth-order valence-electron chi connectivity index (χ4n) is 2.77. The van der Waals surface area contributed by atoms with Crippen LogP contribution in [0.2, 0.25) is 0 Å². The van der Waals surface area contributed by atoms with Gasteiger partial charge in [-0.2, -0.15) is 4.52 Å². The van der Waals surface area contributed by atoms with Crippen molar-refractivity contribution in [1.82, 2.24) is 19.8 Å². The summed E-state index contributed by atoms with van der Waals surface area (Å²) in [5, 5.41) is 15.1. The Hall–Kier alpha value is -2.99. The van der Waals surface area contributed by atoms with E-state index in [-0.39, 0.29) is 0 Å². The van der Waals surface area contributed by atoms with E-state index in [0.29, 0.717) is 0 Å². The van der Waals surface area contributed by atoms with Gasteiger partial charge in [0.15, 0.2) is 16.6 Å². The Bertz CT molecular complexity index is 1150. The van der Waals surface area contributed by atoms with E-state index in [4.69, 9.17) is 4.42 Å². The Morgan fingerprint density at radius 3 is 2.79 bits per heavy atom. The lowest BCUT2D eigenvalue weighted by Crippen LogP contribution is -1.91. The Morgan fingerprint density at radius 1 is 1.00 bits per heavy atom. The molecular weight excluding hydrogens is 320 g/mol. The summed E-state index contributed by atoms with van der Waals surface area (Å²) in [6.07, 6.45) is 0. The van der Waals surface area contributed by atoms with Crippen LogP contribution in [0.5, 0.6) is 0 Å². The van der Waals surface area contributed by atoms with E-state index in [1.165, 1.54) is 16.9 Å². The summed E-state index contributed by atoms with van der Waals surface area (Å²) in [5.41, 5.74) is 3.04. The molecule has 3 aromatic heterocycles. The van der Waals surface area contributed by atoms with Crippen LogP contribution in [0.1, 0.15) is 5.56 Å². The highest BCUT2D eigenvalue weighted by molar-refractivity contribution is 7.19. The molecule has 0 unspecified atom stereocenters. The van der Waals surface area contributed by atoms with Crippen molar-refractivity contribution in [2.75, 3.05) is 0 Å². The number of para-hydroxylation sites is 1. The van der Waals surface area contributed by atoms with Crippen LogP contribution in [-0.4, -0.2) is 19.8 Å². The topological polar surface area (TPSA) is 56.2 Å². The number of rotatable bonds is 2. The minimum Gasteiger partial charge on any atom is -0.453 e. The summed E-state index contributed by atoms with van der Waals surface area (Å²) in [6, 6.07) is 18.1. The highest BCUT2D eigenvalue weighted by Gasteiger charge is 2.16. The van der Waals surface area contributed by atoms with Crippen LogP contribution in [0.25, 0.3) is 38.1 Å². The van der Waals surface area contributed by atoms with E-state index < -0.39 is 0 Å². The number of hydrogen-bond donors (Lipinski definition) is 0. The number of aryl methyl sites for hydroxylation is 1. The largest absolute Gasteiger partial charge is 0.453 e. The predicted molar refractivity (Wildman–Crippen MR) is 94.0 cm³/mol. The standard InChI is InChI=1S/C18H12N4OS/c1-11-5-4-7-13(9-11)16-19-20-18-22(16)21-17(24-18)15-10-12-6-2-3-8-14(12)23-15/h2-10H,1H3. The third-order valence-corrected chi connectivity index (χ3v) is 4.82. The molecular formula is C18H12N4OS. The molecule has 0 spiro atoms. The molecule has 0 N–H and O–H groups in total. The van der Waals surface area contributed by atoms with Gasteiger partial charge in [0.1, 0.15) is 5.58 Å². The van der Waals surface area contributed by atoms with Crippen LogP contribution in [0.3, 0.4) is 0 Å². The second-order valence-corrected chi connectivity index (χ2v) is 6.60. The van der Waals surface area contributed by atoms with Crippen LogP contribution in [0.4, 0.5) is 0 Å². The molecule has 24 heavy (non-hydrogen) atoms. The molecule has 5 nitrogen and oxygen atoms in total. The smallest absolute Gasteiger partial charge is 0.235 e. The fraction of sp³-hybridized carbons (Fsp3) is 0.0556. The Kier molecular flexibility index (Phi) is 2.80. The number of furan rings is 1. The molecule has 0 bridgehead atoms.